The third kappa shape index (κ3) is 6.65. The predicted octanol–water partition coefficient (Wildman–Crippen LogP) is 4.58. The van der Waals surface area contributed by atoms with E-state index in [2.05, 4.69) is 0 Å². The molecule has 4 heteroatoms. The maximum absolute atomic E-state index is 10.9. The van der Waals surface area contributed by atoms with Gasteiger partial charge in [0.05, 0.1) is 13.2 Å². The lowest BCUT2D eigenvalue weighted by Gasteiger charge is -2.02. The van der Waals surface area contributed by atoms with Crippen molar-refractivity contribution in [3.05, 3.63) is 59.7 Å². The van der Waals surface area contributed by atoms with E-state index >= 15 is 0 Å². The highest BCUT2D eigenvalue weighted by Crippen LogP contribution is 2.12. The second-order valence-corrected chi connectivity index (χ2v) is 5.03. The summed E-state index contributed by atoms with van der Waals surface area (Å²) in [5.41, 5.74) is 1.44. The summed E-state index contributed by atoms with van der Waals surface area (Å²) in [5.74, 6) is 1.78. The van der Waals surface area contributed by atoms with Crippen LogP contribution in [-0.2, 0) is 0 Å². The van der Waals surface area contributed by atoms with Gasteiger partial charge in [-0.25, -0.2) is 0 Å². The van der Waals surface area contributed by atoms with E-state index in [9.17, 15) is 9.59 Å². The van der Waals surface area contributed by atoms with E-state index in [1.54, 1.807) is 62.4 Å². The zero-order valence-electron chi connectivity index (χ0n) is 14.7. The first kappa shape index (κ1) is 19.4. The van der Waals surface area contributed by atoms with Gasteiger partial charge in [-0.05, 0) is 76.2 Å². The highest BCUT2D eigenvalue weighted by Gasteiger charge is 1.98. The standard InChI is InChI=1S/2C10H12O2/c2*1-3-12-10-6-4-9(5-7-10)8(2)11/h2*4-7H,3H2,1-2H3. The zero-order valence-corrected chi connectivity index (χ0v) is 14.7. The Hall–Kier alpha value is -2.62. The van der Waals surface area contributed by atoms with Crippen LogP contribution in [-0.4, -0.2) is 24.8 Å². The number of Topliss-reactive ketones (excluding diaryl/α,β-unsaturated/α-hetero) is 2. The van der Waals surface area contributed by atoms with E-state index in [1.807, 2.05) is 13.8 Å². The molecule has 0 unspecified atom stereocenters. The molecule has 24 heavy (non-hydrogen) atoms. The molecular weight excluding hydrogens is 304 g/mol. The molecule has 0 saturated heterocycles. The topological polar surface area (TPSA) is 52.6 Å². The summed E-state index contributed by atoms with van der Waals surface area (Å²) in [6.45, 7) is 8.27. The van der Waals surface area contributed by atoms with E-state index in [1.165, 1.54) is 0 Å². The van der Waals surface area contributed by atoms with Gasteiger partial charge in [0.25, 0.3) is 0 Å². The Morgan fingerprint density at radius 2 is 0.958 bits per heavy atom. The third-order valence-electron chi connectivity index (χ3n) is 3.14. The first-order chi connectivity index (χ1) is 11.5. The van der Waals surface area contributed by atoms with Crippen molar-refractivity contribution in [3.63, 3.8) is 0 Å². The number of ether oxygens (including phenoxy) is 2. The number of benzene rings is 2. The summed E-state index contributed by atoms with van der Waals surface area (Å²) >= 11 is 0. The van der Waals surface area contributed by atoms with E-state index < -0.39 is 0 Å². The molecule has 0 heterocycles. The summed E-state index contributed by atoms with van der Waals surface area (Å²) in [6, 6.07) is 14.3. The summed E-state index contributed by atoms with van der Waals surface area (Å²) in [7, 11) is 0. The largest absolute Gasteiger partial charge is 0.494 e. The summed E-state index contributed by atoms with van der Waals surface area (Å²) in [6.07, 6.45) is 0. The number of carbonyl (C=O) groups is 2. The van der Waals surface area contributed by atoms with E-state index in [-0.39, 0.29) is 11.6 Å². The van der Waals surface area contributed by atoms with Crippen molar-refractivity contribution >= 4 is 11.6 Å². The van der Waals surface area contributed by atoms with Gasteiger partial charge >= 0.3 is 0 Å². The Morgan fingerprint density at radius 3 is 1.17 bits per heavy atom. The van der Waals surface area contributed by atoms with Crippen molar-refractivity contribution < 1.29 is 19.1 Å². The smallest absolute Gasteiger partial charge is 0.159 e. The fourth-order valence-corrected chi connectivity index (χ4v) is 1.91. The Bertz CT molecular complexity index is 583. The van der Waals surface area contributed by atoms with Gasteiger partial charge in [0, 0.05) is 11.1 Å². The molecule has 0 amide bonds. The molecule has 0 N–H and O–H groups in total. The number of ketones is 2. The molecule has 128 valence electrons. The number of hydrogen-bond donors (Lipinski definition) is 0. The Morgan fingerprint density at radius 1 is 0.667 bits per heavy atom. The Labute approximate surface area is 143 Å². The molecule has 0 fully saturated rings. The van der Waals surface area contributed by atoms with Crippen molar-refractivity contribution in [1.29, 1.82) is 0 Å². The summed E-state index contributed by atoms with van der Waals surface area (Å²) < 4.78 is 10.5. The van der Waals surface area contributed by atoms with Crippen LogP contribution in [0.2, 0.25) is 0 Å². The van der Waals surface area contributed by atoms with Gasteiger partial charge in [-0.2, -0.15) is 0 Å². The molecule has 0 bridgehead atoms. The molecule has 2 aromatic carbocycles. The highest BCUT2D eigenvalue weighted by atomic mass is 16.5. The number of carbonyl (C=O) groups excluding carboxylic acids is 2. The minimum atomic E-state index is 0.0815. The first-order valence-corrected chi connectivity index (χ1v) is 7.95. The van der Waals surface area contributed by atoms with E-state index in [4.69, 9.17) is 9.47 Å². The first-order valence-electron chi connectivity index (χ1n) is 7.95. The minimum absolute atomic E-state index is 0.0815. The van der Waals surface area contributed by atoms with Crippen LogP contribution in [0.1, 0.15) is 48.4 Å². The SMILES string of the molecule is CCOc1ccc(C(C)=O)cc1.CCOc1ccc(C(C)=O)cc1. The Balaban J connectivity index is 0.000000240. The highest BCUT2D eigenvalue weighted by molar-refractivity contribution is 5.94. The van der Waals surface area contributed by atoms with Crippen molar-refractivity contribution in [3.8, 4) is 11.5 Å². The lowest BCUT2D eigenvalue weighted by atomic mass is 10.1. The maximum Gasteiger partial charge on any atom is 0.159 e. The third-order valence-corrected chi connectivity index (χ3v) is 3.14. The van der Waals surface area contributed by atoms with Gasteiger partial charge < -0.3 is 9.47 Å². The fourth-order valence-electron chi connectivity index (χ4n) is 1.91. The van der Waals surface area contributed by atoms with Crippen LogP contribution in [0.5, 0.6) is 11.5 Å². The van der Waals surface area contributed by atoms with Crippen LogP contribution in [0.4, 0.5) is 0 Å². The quantitative estimate of drug-likeness (QED) is 0.729. The fraction of sp³-hybridized carbons (Fsp3) is 0.300. The van der Waals surface area contributed by atoms with Crippen molar-refractivity contribution in [2.24, 2.45) is 0 Å². The van der Waals surface area contributed by atoms with Gasteiger partial charge in [-0.3, -0.25) is 9.59 Å². The van der Waals surface area contributed by atoms with Gasteiger partial charge in [0.15, 0.2) is 11.6 Å². The van der Waals surface area contributed by atoms with Crippen molar-refractivity contribution in [2.75, 3.05) is 13.2 Å². The lowest BCUT2D eigenvalue weighted by Crippen LogP contribution is -1.94. The molecular formula is C20H24O4. The summed E-state index contributed by atoms with van der Waals surface area (Å²) in [5, 5.41) is 0. The van der Waals surface area contributed by atoms with Gasteiger partial charge in [0.2, 0.25) is 0 Å². The van der Waals surface area contributed by atoms with Crippen molar-refractivity contribution in [1.82, 2.24) is 0 Å². The maximum atomic E-state index is 10.9. The molecule has 0 aliphatic rings. The summed E-state index contributed by atoms with van der Waals surface area (Å²) in [4.78, 5) is 21.7. The van der Waals surface area contributed by atoms with Crippen LogP contribution >= 0.6 is 0 Å². The molecule has 4 nitrogen and oxygen atoms in total. The monoisotopic (exact) mass is 328 g/mol. The normalized spacial score (nSPS) is 9.50. The number of hydrogen-bond acceptors (Lipinski definition) is 4. The van der Waals surface area contributed by atoms with Crippen LogP contribution in [0.3, 0.4) is 0 Å². The van der Waals surface area contributed by atoms with Crippen LogP contribution in [0, 0.1) is 0 Å². The average Bonchev–Trinajstić information content (AvgIpc) is 2.57. The predicted molar refractivity (Wildman–Crippen MR) is 95.2 cm³/mol. The van der Waals surface area contributed by atoms with E-state index in [0.717, 1.165) is 22.6 Å². The second kappa shape index (κ2) is 10.2. The molecule has 0 aliphatic heterocycles. The number of rotatable bonds is 6. The van der Waals surface area contributed by atoms with E-state index in [0.29, 0.717) is 13.2 Å². The minimum Gasteiger partial charge on any atom is -0.494 e. The van der Waals surface area contributed by atoms with Crippen LogP contribution < -0.4 is 9.47 Å². The Kier molecular flexibility index (Phi) is 8.26. The van der Waals surface area contributed by atoms with Gasteiger partial charge in [0.1, 0.15) is 11.5 Å². The van der Waals surface area contributed by atoms with Gasteiger partial charge in [-0.15, -0.1) is 0 Å². The molecule has 0 saturated carbocycles. The molecule has 0 spiro atoms. The van der Waals surface area contributed by atoms with Crippen LogP contribution in [0.15, 0.2) is 48.5 Å². The molecule has 0 radical (unpaired) electrons. The van der Waals surface area contributed by atoms with Gasteiger partial charge in [-0.1, -0.05) is 0 Å². The molecule has 0 aromatic heterocycles. The van der Waals surface area contributed by atoms with Crippen LogP contribution in [0.25, 0.3) is 0 Å². The molecule has 2 aromatic rings. The second-order valence-electron chi connectivity index (χ2n) is 5.03. The van der Waals surface area contributed by atoms with Crippen molar-refractivity contribution in [2.45, 2.75) is 27.7 Å². The lowest BCUT2D eigenvalue weighted by molar-refractivity contribution is 0.100. The average molecular weight is 328 g/mol. The zero-order chi connectivity index (χ0) is 17.9. The molecule has 0 aliphatic carbocycles. The molecule has 2 rings (SSSR count). The molecule has 0 atom stereocenters.